The minimum atomic E-state index is -0.371. The number of rotatable bonds is 2. The van der Waals surface area contributed by atoms with Gasteiger partial charge in [0.2, 0.25) is 0 Å². The molecule has 2 unspecified atom stereocenters. The van der Waals surface area contributed by atoms with Gasteiger partial charge < -0.3 is 10.8 Å². The highest BCUT2D eigenvalue weighted by molar-refractivity contribution is 5.40. The van der Waals surface area contributed by atoms with Gasteiger partial charge in [-0.05, 0) is 37.0 Å². The molecule has 1 aromatic rings. The van der Waals surface area contributed by atoms with Crippen LogP contribution in [0.15, 0.2) is 24.3 Å². The highest BCUT2D eigenvalue weighted by Crippen LogP contribution is 2.40. The zero-order chi connectivity index (χ0) is 13.3. The van der Waals surface area contributed by atoms with Crippen LogP contribution in [-0.2, 0) is 6.54 Å². The minimum Gasteiger partial charge on any atom is -0.399 e. The molecule has 3 heteroatoms. The molecule has 0 amide bonds. The molecule has 2 atom stereocenters. The van der Waals surface area contributed by atoms with Crippen molar-refractivity contribution in [3.05, 3.63) is 29.8 Å². The number of fused-ring (bicyclic) bond motifs is 1. The molecule has 0 spiro atoms. The average Bonchev–Trinajstić information content (AvgIpc) is 2.39. The van der Waals surface area contributed by atoms with Gasteiger partial charge in [0.1, 0.15) is 0 Å². The van der Waals surface area contributed by atoms with E-state index in [0.717, 1.165) is 38.2 Å². The molecule has 1 saturated heterocycles. The van der Waals surface area contributed by atoms with Crippen LogP contribution in [0.4, 0.5) is 5.69 Å². The van der Waals surface area contributed by atoms with Gasteiger partial charge in [-0.15, -0.1) is 0 Å². The molecule has 0 aromatic heterocycles. The van der Waals surface area contributed by atoms with Crippen LogP contribution in [0.5, 0.6) is 0 Å². The van der Waals surface area contributed by atoms with E-state index in [1.54, 1.807) is 0 Å². The van der Waals surface area contributed by atoms with Crippen molar-refractivity contribution in [3.63, 3.8) is 0 Å². The monoisotopic (exact) mass is 260 g/mol. The van der Waals surface area contributed by atoms with Crippen LogP contribution >= 0.6 is 0 Å². The Morgan fingerprint density at radius 3 is 3.05 bits per heavy atom. The standard InChI is InChI=1S/C16H24N2O/c17-15-6-3-4-13(10-15)11-18-9-8-16(19)7-2-1-5-14(16)12-18/h3-4,6,10,14,19H,1-2,5,7-9,11-12,17H2. The Hall–Kier alpha value is -1.06. The predicted octanol–water partition coefficient (Wildman–Crippen LogP) is 2.40. The first kappa shape index (κ1) is 12.9. The Morgan fingerprint density at radius 2 is 2.21 bits per heavy atom. The Kier molecular flexibility index (Phi) is 3.50. The second-order valence-electron chi connectivity index (χ2n) is 6.28. The van der Waals surface area contributed by atoms with Crippen LogP contribution in [0.3, 0.4) is 0 Å². The van der Waals surface area contributed by atoms with Crippen LogP contribution in [0, 0.1) is 5.92 Å². The molecule has 104 valence electrons. The molecule has 0 bridgehead atoms. The Labute approximate surface area is 115 Å². The van der Waals surface area contributed by atoms with Crippen molar-refractivity contribution >= 4 is 5.69 Å². The number of aliphatic hydroxyl groups is 1. The van der Waals surface area contributed by atoms with Crippen LogP contribution in [0.25, 0.3) is 0 Å². The highest BCUT2D eigenvalue weighted by atomic mass is 16.3. The van der Waals surface area contributed by atoms with Gasteiger partial charge in [-0.25, -0.2) is 0 Å². The van der Waals surface area contributed by atoms with E-state index in [0.29, 0.717) is 5.92 Å². The van der Waals surface area contributed by atoms with Crippen molar-refractivity contribution in [1.82, 2.24) is 4.90 Å². The summed E-state index contributed by atoms with van der Waals surface area (Å²) in [4.78, 5) is 2.47. The lowest BCUT2D eigenvalue weighted by molar-refractivity contribution is -0.0967. The van der Waals surface area contributed by atoms with Crippen molar-refractivity contribution in [2.24, 2.45) is 5.92 Å². The third-order valence-electron chi connectivity index (χ3n) is 4.87. The van der Waals surface area contributed by atoms with Crippen molar-refractivity contribution in [1.29, 1.82) is 0 Å². The molecule has 2 aliphatic rings. The third kappa shape index (κ3) is 2.77. The van der Waals surface area contributed by atoms with Gasteiger partial charge in [-0.2, -0.15) is 0 Å². The lowest BCUT2D eigenvalue weighted by atomic mass is 9.71. The number of piperidine rings is 1. The Balaban J connectivity index is 1.65. The van der Waals surface area contributed by atoms with E-state index in [2.05, 4.69) is 17.0 Å². The molecule has 1 aromatic carbocycles. The molecule has 19 heavy (non-hydrogen) atoms. The summed E-state index contributed by atoms with van der Waals surface area (Å²) in [5, 5.41) is 10.7. The molecule has 3 N–H and O–H groups in total. The maximum atomic E-state index is 10.7. The molecule has 1 aliphatic carbocycles. The molecule has 1 aliphatic heterocycles. The van der Waals surface area contributed by atoms with Crippen molar-refractivity contribution < 1.29 is 5.11 Å². The van der Waals surface area contributed by atoms with Gasteiger partial charge in [-0.3, -0.25) is 4.90 Å². The third-order valence-corrected chi connectivity index (χ3v) is 4.87. The van der Waals surface area contributed by atoms with E-state index in [4.69, 9.17) is 5.73 Å². The SMILES string of the molecule is Nc1cccc(CN2CCC3(O)CCCCC3C2)c1. The van der Waals surface area contributed by atoms with E-state index >= 15 is 0 Å². The van der Waals surface area contributed by atoms with Crippen LogP contribution in [0.2, 0.25) is 0 Å². The first-order valence-corrected chi connectivity index (χ1v) is 7.45. The first-order valence-electron chi connectivity index (χ1n) is 7.45. The molecular weight excluding hydrogens is 236 g/mol. The maximum Gasteiger partial charge on any atom is 0.0700 e. The second-order valence-corrected chi connectivity index (χ2v) is 6.28. The maximum absolute atomic E-state index is 10.7. The predicted molar refractivity (Wildman–Crippen MR) is 77.7 cm³/mol. The fraction of sp³-hybridized carbons (Fsp3) is 0.625. The molecule has 0 radical (unpaired) electrons. The molecule has 1 heterocycles. The fourth-order valence-electron chi connectivity index (χ4n) is 3.73. The fourth-order valence-corrected chi connectivity index (χ4v) is 3.73. The first-order chi connectivity index (χ1) is 9.16. The molecule has 3 rings (SSSR count). The summed E-state index contributed by atoms with van der Waals surface area (Å²) in [6.07, 6.45) is 5.59. The van der Waals surface area contributed by atoms with E-state index in [1.165, 1.54) is 24.8 Å². The highest BCUT2D eigenvalue weighted by Gasteiger charge is 2.42. The summed E-state index contributed by atoms with van der Waals surface area (Å²) in [5.41, 5.74) is 7.58. The summed E-state index contributed by atoms with van der Waals surface area (Å²) >= 11 is 0. The van der Waals surface area contributed by atoms with E-state index in [1.807, 2.05) is 12.1 Å². The topological polar surface area (TPSA) is 49.5 Å². The average molecular weight is 260 g/mol. The minimum absolute atomic E-state index is 0.371. The van der Waals surface area contributed by atoms with Gasteiger partial charge in [0.25, 0.3) is 0 Å². The van der Waals surface area contributed by atoms with Crippen molar-refractivity contribution in [2.45, 2.75) is 44.2 Å². The quantitative estimate of drug-likeness (QED) is 0.803. The molecular formula is C16H24N2O. The number of nitrogens with zero attached hydrogens (tertiary/aromatic N) is 1. The summed E-state index contributed by atoms with van der Waals surface area (Å²) in [7, 11) is 0. The molecule has 1 saturated carbocycles. The number of nitrogen functional groups attached to an aromatic ring is 1. The van der Waals surface area contributed by atoms with Crippen molar-refractivity contribution in [2.75, 3.05) is 18.8 Å². The lowest BCUT2D eigenvalue weighted by Gasteiger charge is -2.47. The number of anilines is 1. The summed E-state index contributed by atoms with van der Waals surface area (Å²) in [6, 6.07) is 8.14. The smallest absolute Gasteiger partial charge is 0.0700 e. The summed E-state index contributed by atoms with van der Waals surface area (Å²) in [5.74, 6) is 0.469. The van der Waals surface area contributed by atoms with Gasteiger partial charge in [-0.1, -0.05) is 25.0 Å². The number of hydrogen-bond acceptors (Lipinski definition) is 3. The van der Waals surface area contributed by atoms with Crippen LogP contribution in [-0.4, -0.2) is 28.7 Å². The van der Waals surface area contributed by atoms with Crippen LogP contribution in [0.1, 0.15) is 37.7 Å². The molecule has 3 nitrogen and oxygen atoms in total. The van der Waals surface area contributed by atoms with Gasteiger partial charge >= 0.3 is 0 Å². The lowest BCUT2D eigenvalue weighted by Crippen LogP contribution is -2.52. The largest absolute Gasteiger partial charge is 0.399 e. The van der Waals surface area contributed by atoms with Crippen molar-refractivity contribution in [3.8, 4) is 0 Å². The van der Waals surface area contributed by atoms with E-state index < -0.39 is 0 Å². The number of likely N-dealkylation sites (tertiary alicyclic amines) is 1. The number of hydrogen-bond donors (Lipinski definition) is 2. The van der Waals surface area contributed by atoms with Gasteiger partial charge in [0.15, 0.2) is 0 Å². The Bertz CT molecular complexity index is 448. The summed E-state index contributed by atoms with van der Waals surface area (Å²) in [6.45, 7) is 2.99. The zero-order valence-electron chi connectivity index (χ0n) is 11.5. The zero-order valence-corrected chi connectivity index (χ0v) is 11.5. The van der Waals surface area contributed by atoms with E-state index in [9.17, 15) is 5.11 Å². The Morgan fingerprint density at radius 1 is 1.32 bits per heavy atom. The van der Waals surface area contributed by atoms with Crippen LogP contribution < -0.4 is 5.73 Å². The summed E-state index contributed by atoms with van der Waals surface area (Å²) < 4.78 is 0. The van der Waals surface area contributed by atoms with Gasteiger partial charge in [0.05, 0.1) is 5.60 Å². The number of benzene rings is 1. The normalized spacial score (nSPS) is 31.9. The van der Waals surface area contributed by atoms with E-state index in [-0.39, 0.29) is 5.60 Å². The second kappa shape index (κ2) is 5.14. The number of nitrogens with two attached hydrogens (primary N) is 1. The molecule has 2 fully saturated rings. The van der Waals surface area contributed by atoms with Gasteiger partial charge in [0, 0.05) is 31.2 Å².